The van der Waals surface area contributed by atoms with Crippen molar-refractivity contribution in [3.05, 3.63) is 54.0 Å². The second kappa shape index (κ2) is 6.90. The van der Waals surface area contributed by atoms with Gasteiger partial charge in [0, 0.05) is 6.20 Å². The molecule has 1 atom stereocenters. The van der Waals surface area contributed by atoms with Crippen molar-refractivity contribution in [2.45, 2.75) is 38.6 Å². The Morgan fingerprint density at radius 2 is 1.82 bits per heavy atom. The van der Waals surface area contributed by atoms with Crippen LogP contribution in [0.1, 0.15) is 38.1 Å². The van der Waals surface area contributed by atoms with Gasteiger partial charge in [0.1, 0.15) is 5.52 Å². The molecule has 1 unspecified atom stereocenters. The van der Waals surface area contributed by atoms with Crippen LogP contribution in [0.15, 0.2) is 47.6 Å². The first-order chi connectivity index (χ1) is 13.0. The van der Waals surface area contributed by atoms with Crippen LogP contribution in [0.25, 0.3) is 11.2 Å². The van der Waals surface area contributed by atoms with Gasteiger partial charge in [0.25, 0.3) is 10.0 Å². The Balaban J connectivity index is 2.07. The van der Waals surface area contributed by atoms with E-state index in [0.29, 0.717) is 11.2 Å². The zero-order valence-electron chi connectivity index (χ0n) is 16.0. The summed E-state index contributed by atoms with van der Waals surface area (Å²) in [5, 5.41) is 11.6. The minimum absolute atomic E-state index is 0.154. The van der Waals surface area contributed by atoms with Gasteiger partial charge in [-0.2, -0.15) is 0 Å². The molecule has 1 amide bonds. The van der Waals surface area contributed by atoms with Gasteiger partial charge < -0.3 is 10.4 Å². The molecule has 0 aliphatic heterocycles. The van der Waals surface area contributed by atoms with Crippen LogP contribution in [0.5, 0.6) is 0 Å². The molecule has 0 radical (unpaired) electrons. The van der Waals surface area contributed by atoms with E-state index in [1.807, 2.05) is 27.7 Å². The minimum atomic E-state index is -3.82. The van der Waals surface area contributed by atoms with Gasteiger partial charge in [-0.15, -0.1) is 0 Å². The average molecular weight is 402 g/mol. The van der Waals surface area contributed by atoms with Gasteiger partial charge in [0.05, 0.1) is 22.8 Å². The molecule has 0 aliphatic carbocycles. The Kier molecular flexibility index (Phi) is 4.88. The smallest absolute Gasteiger partial charge is 0.405 e. The van der Waals surface area contributed by atoms with Crippen LogP contribution in [-0.2, 0) is 10.0 Å². The number of nitrogens with one attached hydrogen (secondary N) is 1. The van der Waals surface area contributed by atoms with E-state index in [9.17, 15) is 13.2 Å². The molecule has 0 bridgehead atoms. The van der Waals surface area contributed by atoms with Crippen LogP contribution in [0.3, 0.4) is 0 Å². The highest BCUT2D eigenvalue weighted by Gasteiger charge is 2.30. The van der Waals surface area contributed by atoms with Crippen molar-refractivity contribution in [3.8, 4) is 0 Å². The molecular formula is C19H22N4O4S. The van der Waals surface area contributed by atoms with Gasteiger partial charge in [-0.05, 0) is 30.5 Å². The van der Waals surface area contributed by atoms with Crippen molar-refractivity contribution in [2.24, 2.45) is 5.41 Å². The maximum atomic E-state index is 12.9. The molecule has 0 aliphatic rings. The van der Waals surface area contributed by atoms with Gasteiger partial charge in [0.15, 0.2) is 5.65 Å². The summed E-state index contributed by atoms with van der Waals surface area (Å²) in [5.74, 6) is 0. The Morgan fingerprint density at radius 1 is 1.18 bits per heavy atom. The number of carboxylic acid groups (broad SMARTS) is 1. The number of hydrogen-bond donors (Lipinski definition) is 2. The van der Waals surface area contributed by atoms with Crippen molar-refractivity contribution < 1.29 is 18.3 Å². The van der Waals surface area contributed by atoms with Crippen molar-refractivity contribution in [2.75, 3.05) is 0 Å². The number of amides is 1. The first-order valence-electron chi connectivity index (χ1n) is 8.66. The third-order valence-corrected chi connectivity index (χ3v) is 6.06. The molecule has 1 aromatic carbocycles. The summed E-state index contributed by atoms with van der Waals surface area (Å²) < 4.78 is 27.0. The Labute approximate surface area is 163 Å². The summed E-state index contributed by atoms with van der Waals surface area (Å²) in [7, 11) is -3.82. The molecule has 0 saturated carbocycles. The number of nitrogens with zero attached hydrogens (tertiary/aromatic N) is 3. The summed E-state index contributed by atoms with van der Waals surface area (Å²) in [4.78, 5) is 20.1. The lowest BCUT2D eigenvalue weighted by molar-refractivity contribution is 0.174. The summed E-state index contributed by atoms with van der Waals surface area (Å²) in [6, 6.07) is 7.51. The summed E-state index contributed by atoms with van der Waals surface area (Å²) in [5.41, 5.74) is 1.49. The lowest BCUT2D eigenvalue weighted by atomic mass is 9.85. The first-order valence-corrected chi connectivity index (χ1v) is 10.1. The quantitative estimate of drug-likeness (QED) is 0.692. The topological polar surface area (TPSA) is 114 Å². The Hall–Kier alpha value is -2.94. The average Bonchev–Trinajstić information content (AvgIpc) is 3.03. The Morgan fingerprint density at radius 3 is 2.39 bits per heavy atom. The third-order valence-electron chi connectivity index (χ3n) is 4.38. The predicted octanol–water partition coefficient (Wildman–Crippen LogP) is 3.33. The van der Waals surface area contributed by atoms with Crippen LogP contribution in [0.4, 0.5) is 4.79 Å². The largest absolute Gasteiger partial charge is 0.465 e. The standard InChI is InChI=1S/C19H22N4O4S/c1-12-5-7-13(8-6-12)28(26,27)23-10-9-14-17(23)20-11-15(21-14)16(19(2,3)4)22-18(24)25/h5-11,16,22H,1-4H3,(H,24,25). The first kappa shape index (κ1) is 19.8. The van der Waals surface area contributed by atoms with Crippen molar-refractivity contribution in [1.29, 1.82) is 0 Å². The highest BCUT2D eigenvalue weighted by Crippen LogP contribution is 2.32. The Bertz CT molecular complexity index is 1130. The van der Waals surface area contributed by atoms with E-state index in [4.69, 9.17) is 5.11 Å². The van der Waals surface area contributed by atoms with Crippen molar-refractivity contribution in [1.82, 2.24) is 19.3 Å². The molecule has 9 heteroatoms. The predicted molar refractivity (Wildman–Crippen MR) is 105 cm³/mol. The number of rotatable bonds is 4. The van der Waals surface area contributed by atoms with Gasteiger partial charge in [0.2, 0.25) is 0 Å². The number of aryl methyl sites for hydroxylation is 1. The number of carbonyl (C=O) groups is 1. The molecule has 2 heterocycles. The third kappa shape index (κ3) is 3.70. The number of fused-ring (bicyclic) bond motifs is 1. The maximum absolute atomic E-state index is 12.9. The molecule has 3 aromatic rings. The highest BCUT2D eigenvalue weighted by molar-refractivity contribution is 7.90. The summed E-state index contributed by atoms with van der Waals surface area (Å²) >= 11 is 0. The molecule has 28 heavy (non-hydrogen) atoms. The van der Waals surface area contributed by atoms with E-state index in [2.05, 4.69) is 15.3 Å². The van der Waals surface area contributed by atoms with Crippen LogP contribution < -0.4 is 5.32 Å². The monoisotopic (exact) mass is 402 g/mol. The van der Waals surface area contributed by atoms with Gasteiger partial charge >= 0.3 is 6.09 Å². The molecule has 0 saturated heterocycles. The van der Waals surface area contributed by atoms with E-state index in [1.54, 1.807) is 30.3 Å². The van der Waals surface area contributed by atoms with Crippen LogP contribution in [0.2, 0.25) is 0 Å². The van der Waals surface area contributed by atoms with E-state index in [-0.39, 0.29) is 10.5 Å². The fraction of sp³-hybridized carbons (Fsp3) is 0.316. The summed E-state index contributed by atoms with van der Waals surface area (Å²) in [6.07, 6.45) is 1.65. The number of hydrogen-bond acceptors (Lipinski definition) is 5. The second-order valence-electron chi connectivity index (χ2n) is 7.68. The van der Waals surface area contributed by atoms with Crippen molar-refractivity contribution in [3.63, 3.8) is 0 Å². The summed E-state index contributed by atoms with van der Waals surface area (Å²) in [6.45, 7) is 7.52. The second-order valence-corrected chi connectivity index (χ2v) is 9.50. The van der Waals surface area contributed by atoms with Crippen LogP contribution in [-0.4, -0.2) is 33.6 Å². The fourth-order valence-corrected chi connectivity index (χ4v) is 4.21. The van der Waals surface area contributed by atoms with Gasteiger partial charge in [-0.25, -0.2) is 27.2 Å². The van der Waals surface area contributed by atoms with Gasteiger partial charge in [-0.3, -0.25) is 0 Å². The van der Waals surface area contributed by atoms with Gasteiger partial charge in [-0.1, -0.05) is 38.5 Å². The van der Waals surface area contributed by atoms with E-state index < -0.39 is 27.6 Å². The number of benzene rings is 1. The zero-order chi connectivity index (χ0) is 20.7. The van der Waals surface area contributed by atoms with Crippen molar-refractivity contribution >= 4 is 27.3 Å². The molecular weight excluding hydrogens is 380 g/mol. The van der Waals surface area contributed by atoms with E-state index in [0.717, 1.165) is 9.54 Å². The maximum Gasteiger partial charge on any atom is 0.405 e. The zero-order valence-corrected chi connectivity index (χ0v) is 16.9. The SMILES string of the molecule is Cc1ccc(S(=O)(=O)n2ccc3nc(C(NC(=O)O)C(C)(C)C)cnc32)cc1. The molecule has 2 aromatic heterocycles. The van der Waals surface area contributed by atoms with Crippen LogP contribution in [0, 0.1) is 12.3 Å². The van der Waals surface area contributed by atoms with E-state index >= 15 is 0 Å². The fourth-order valence-electron chi connectivity index (χ4n) is 2.92. The molecule has 0 fully saturated rings. The molecule has 2 N–H and O–H groups in total. The molecule has 148 valence electrons. The van der Waals surface area contributed by atoms with E-state index in [1.165, 1.54) is 12.4 Å². The minimum Gasteiger partial charge on any atom is -0.465 e. The normalized spacial score (nSPS) is 13.4. The lowest BCUT2D eigenvalue weighted by Crippen LogP contribution is -2.36. The molecule has 0 spiro atoms. The van der Waals surface area contributed by atoms with Crippen LogP contribution >= 0.6 is 0 Å². The number of aromatic nitrogens is 3. The molecule has 3 rings (SSSR count). The highest BCUT2D eigenvalue weighted by atomic mass is 32.2. The molecule has 8 nitrogen and oxygen atoms in total. The lowest BCUT2D eigenvalue weighted by Gasteiger charge is -2.29.